The van der Waals surface area contributed by atoms with Crippen molar-refractivity contribution in [3.63, 3.8) is 0 Å². The topological polar surface area (TPSA) is 60.4 Å². The Bertz CT molecular complexity index is 806. The van der Waals surface area contributed by atoms with Gasteiger partial charge in [0.05, 0.1) is 14.2 Å². The van der Waals surface area contributed by atoms with Crippen LogP contribution in [-0.2, 0) is 17.6 Å². The van der Waals surface area contributed by atoms with Crippen LogP contribution in [0, 0.1) is 0 Å². The Labute approximate surface area is 166 Å². The fraction of sp³-hybridized carbons (Fsp3) is 0.455. The van der Waals surface area contributed by atoms with Gasteiger partial charge in [-0.25, -0.2) is 0 Å². The maximum absolute atomic E-state index is 10.9. The highest BCUT2D eigenvalue weighted by molar-refractivity contribution is 5.60. The highest BCUT2D eigenvalue weighted by atomic mass is 16.7. The maximum Gasteiger partial charge on any atom is 0.203 e. The molecule has 1 N–H and O–H groups in total. The van der Waals surface area contributed by atoms with E-state index in [4.69, 9.17) is 18.9 Å². The van der Waals surface area contributed by atoms with Gasteiger partial charge in [-0.1, -0.05) is 12.1 Å². The molecule has 1 heterocycles. The number of fused-ring (bicyclic) bond motifs is 1. The fourth-order valence-electron chi connectivity index (χ4n) is 3.72. The van der Waals surface area contributed by atoms with Crippen molar-refractivity contribution in [2.75, 3.05) is 34.9 Å². The molecular formula is C22H29NO5. The van der Waals surface area contributed by atoms with Gasteiger partial charge in [0.25, 0.3) is 0 Å². The molecule has 0 bridgehead atoms. The molecule has 0 spiro atoms. The lowest BCUT2D eigenvalue weighted by molar-refractivity contribution is -0.0382. The molecule has 0 aromatic heterocycles. The van der Waals surface area contributed by atoms with Crippen LogP contribution >= 0.6 is 0 Å². The van der Waals surface area contributed by atoms with Crippen molar-refractivity contribution >= 4 is 0 Å². The third kappa shape index (κ3) is 4.03. The molecule has 2 aromatic carbocycles. The van der Waals surface area contributed by atoms with E-state index in [1.54, 1.807) is 21.3 Å². The Balaban J connectivity index is 1.89. The van der Waals surface area contributed by atoms with Gasteiger partial charge in [-0.15, -0.1) is 0 Å². The first-order chi connectivity index (χ1) is 13.5. The molecule has 6 nitrogen and oxygen atoms in total. The van der Waals surface area contributed by atoms with Gasteiger partial charge in [-0.2, -0.15) is 0 Å². The summed E-state index contributed by atoms with van der Waals surface area (Å²) in [6, 6.07) is 10.0. The van der Waals surface area contributed by atoms with E-state index in [1.165, 1.54) is 0 Å². The SMILES string of the molecule is COc1cc2c(c(O)c1OC)C(Cc1ccc(OC(C)OC)cc1)N(C)CC2. The first kappa shape index (κ1) is 20.3. The van der Waals surface area contributed by atoms with Crippen molar-refractivity contribution in [3.05, 3.63) is 47.0 Å². The van der Waals surface area contributed by atoms with Crippen molar-refractivity contribution in [2.24, 2.45) is 0 Å². The number of phenolic OH excluding ortho intramolecular Hbond substituents is 1. The van der Waals surface area contributed by atoms with E-state index in [9.17, 15) is 5.11 Å². The highest BCUT2D eigenvalue weighted by Gasteiger charge is 2.31. The van der Waals surface area contributed by atoms with Crippen LogP contribution in [0.4, 0.5) is 0 Å². The van der Waals surface area contributed by atoms with Gasteiger partial charge in [0.1, 0.15) is 5.75 Å². The molecule has 0 fully saturated rings. The summed E-state index contributed by atoms with van der Waals surface area (Å²) in [5.74, 6) is 1.89. The molecule has 2 unspecified atom stereocenters. The molecule has 1 aliphatic heterocycles. The Morgan fingerprint density at radius 2 is 1.86 bits per heavy atom. The lowest BCUT2D eigenvalue weighted by Crippen LogP contribution is -2.33. The van der Waals surface area contributed by atoms with Gasteiger partial charge in [-0.05, 0) is 56.1 Å². The minimum Gasteiger partial charge on any atom is -0.504 e. The summed E-state index contributed by atoms with van der Waals surface area (Å²) in [5, 5.41) is 10.9. The van der Waals surface area contributed by atoms with E-state index in [0.29, 0.717) is 11.5 Å². The average molecular weight is 387 g/mol. The molecule has 0 amide bonds. The molecule has 1 aliphatic rings. The number of aromatic hydroxyl groups is 1. The Morgan fingerprint density at radius 3 is 2.46 bits per heavy atom. The summed E-state index contributed by atoms with van der Waals surface area (Å²) in [6.07, 6.45) is 1.34. The van der Waals surface area contributed by atoms with Crippen molar-refractivity contribution in [1.82, 2.24) is 4.90 Å². The highest BCUT2D eigenvalue weighted by Crippen LogP contribution is 2.47. The quantitative estimate of drug-likeness (QED) is 0.733. The van der Waals surface area contributed by atoms with Crippen molar-refractivity contribution < 1.29 is 24.1 Å². The zero-order chi connectivity index (χ0) is 20.3. The first-order valence-electron chi connectivity index (χ1n) is 9.43. The van der Waals surface area contributed by atoms with E-state index >= 15 is 0 Å². The molecule has 2 aromatic rings. The van der Waals surface area contributed by atoms with Crippen molar-refractivity contribution in [2.45, 2.75) is 32.1 Å². The van der Waals surface area contributed by atoms with E-state index in [2.05, 4.69) is 24.1 Å². The van der Waals surface area contributed by atoms with Crippen LogP contribution < -0.4 is 14.2 Å². The number of benzene rings is 2. The number of methoxy groups -OCH3 is 3. The minimum atomic E-state index is -0.290. The lowest BCUT2D eigenvalue weighted by Gasteiger charge is -2.36. The molecule has 0 aliphatic carbocycles. The number of ether oxygens (including phenoxy) is 4. The predicted molar refractivity (Wildman–Crippen MR) is 108 cm³/mol. The molecule has 28 heavy (non-hydrogen) atoms. The van der Waals surface area contributed by atoms with Gasteiger partial charge < -0.3 is 24.1 Å². The van der Waals surface area contributed by atoms with Crippen LogP contribution in [0.5, 0.6) is 23.0 Å². The summed E-state index contributed by atoms with van der Waals surface area (Å²) < 4.78 is 21.6. The van der Waals surface area contributed by atoms with Crippen molar-refractivity contribution in [3.8, 4) is 23.0 Å². The van der Waals surface area contributed by atoms with Crippen LogP contribution in [0.2, 0.25) is 0 Å². The third-order valence-corrected chi connectivity index (χ3v) is 5.35. The van der Waals surface area contributed by atoms with Crippen LogP contribution in [-0.4, -0.2) is 51.2 Å². The fourth-order valence-corrected chi connectivity index (χ4v) is 3.72. The van der Waals surface area contributed by atoms with E-state index < -0.39 is 0 Å². The number of rotatable bonds is 7. The third-order valence-electron chi connectivity index (χ3n) is 5.35. The summed E-state index contributed by atoms with van der Waals surface area (Å²) in [4.78, 5) is 2.27. The largest absolute Gasteiger partial charge is 0.504 e. The van der Waals surface area contributed by atoms with Gasteiger partial charge in [0, 0.05) is 25.3 Å². The van der Waals surface area contributed by atoms with Gasteiger partial charge >= 0.3 is 0 Å². The normalized spacial score (nSPS) is 17.7. The van der Waals surface area contributed by atoms with Crippen LogP contribution in [0.15, 0.2) is 30.3 Å². The number of phenols is 1. The number of likely N-dealkylation sites (N-methyl/N-ethyl adjacent to an activating group) is 1. The Kier molecular flexibility index (Phi) is 6.31. The minimum absolute atomic E-state index is 0.0493. The standard InChI is InChI=1S/C22H29NO5/c1-14(25-3)28-17-8-6-15(7-9-17)12-18-20-16(10-11-23(18)2)13-19(26-4)22(27-5)21(20)24/h6-9,13-14,18,24H,10-12H2,1-5H3. The number of hydrogen-bond acceptors (Lipinski definition) is 6. The van der Waals surface area contributed by atoms with Crippen LogP contribution in [0.1, 0.15) is 29.7 Å². The second kappa shape index (κ2) is 8.71. The molecular weight excluding hydrogens is 358 g/mol. The first-order valence-corrected chi connectivity index (χ1v) is 9.43. The monoisotopic (exact) mass is 387 g/mol. The van der Waals surface area contributed by atoms with Crippen LogP contribution in [0.25, 0.3) is 0 Å². The second-order valence-corrected chi connectivity index (χ2v) is 7.05. The number of nitrogens with zero attached hydrogens (tertiary/aromatic N) is 1. The molecule has 0 saturated heterocycles. The molecule has 6 heteroatoms. The lowest BCUT2D eigenvalue weighted by atomic mass is 9.87. The molecule has 2 atom stereocenters. The van der Waals surface area contributed by atoms with Crippen molar-refractivity contribution in [1.29, 1.82) is 0 Å². The summed E-state index contributed by atoms with van der Waals surface area (Å²) in [5.41, 5.74) is 3.18. The van der Waals surface area contributed by atoms with Crippen LogP contribution in [0.3, 0.4) is 0 Å². The second-order valence-electron chi connectivity index (χ2n) is 7.05. The Hall–Kier alpha value is -2.44. The van der Waals surface area contributed by atoms with Gasteiger partial charge in [0.15, 0.2) is 17.8 Å². The van der Waals surface area contributed by atoms with E-state index in [1.807, 2.05) is 25.1 Å². The zero-order valence-electron chi connectivity index (χ0n) is 17.2. The molecule has 0 saturated carbocycles. The summed E-state index contributed by atoms with van der Waals surface area (Å²) in [7, 11) is 6.84. The smallest absolute Gasteiger partial charge is 0.203 e. The zero-order valence-corrected chi connectivity index (χ0v) is 17.2. The average Bonchev–Trinajstić information content (AvgIpc) is 2.71. The van der Waals surface area contributed by atoms with E-state index in [0.717, 1.165) is 41.8 Å². The predicted octanol–water partition coefficient (Wildman–Crippen LogP) is 3.55. The van der Waals surface area contributed by atoms with Gasteiger partial charge in [0.2, 0.25) is 5.75 Å². The molecule has 0 radical (unpaired) electrons. The summed E-state index contributed by atoms with van der Waals surface area (Å²) in [6.45, 7) is 2.77. The molecule has 3 rings (SSSR count). The van der Waals surface area contributed by atoms with E-state index in [-0.39, 0.29) is 18.1 Å². The Morgan fingerprint density at radius 1 is 1.14 bits per heavy atom. The number of hydrogen-bond donors (Lipinski definition) is 1. The summed E-state index contributed by atoms with van der Waals surface area (Å²) >= 11 is 0. The molecule has 152 valence electrons. The van der Waals surface area contributed by atoms with Gasteiger partial charge in [-0.3, -0.25) is 4.90 Å². The maximum atomic E-state index is 10.9.